The molecular formula is C19H20N2O5. The summed E-state index contributed by atoms with van der Waals surface area (Å²) in [7, 11) is 3.13. The Balaban J connectivity index is 1.61. The first-order chi connectivity index (χ1) is 12.6. The molecule has 0 bridgehead atoms. The SMILES string of the molecule is C=C(NNC(=O)[C@H]1COc2ccccc2O1)c1ccc(OC)cc1OC. The second-order valence-electron chi connectivity index (χ2n) is 5.52. The largest absolute Gasteiger partial charge is 0.497 e. The number of amides is 1. The predicted molar refractivity (Wildman–Crippen MR) is 96.2 cm³/mol. The lowest BCUT2D eigenvalue weighted by Gasteiger charge is -2.26. The zero-order valence-corrected chi connectivity index (χ0v) is 14.6. The number of hydrazine groups is 1. The molecule has 2 N–H and O–H groups in total. The van der Waals surface area contributed by atoms with E-state index >= 15 is 0 Å². The van der Waals surface area contributed by atoms with Crippen LogP contribution in [0.15, 0.2) is 49.0 Å². The number of methoxy groups -OCH3 is 2. The zero-order valence-electron chi connectivity index (χ0n) is 14.6. The molecule has 0 aliphatic carbocycles. The Kier molecular flexibility index (Phi) is 5.17. The highest BCUT2D eigenvalue weighted by atomic mass is 16.6. The molecule has 0 saturated heterocycles. The summed E-state index contributed by atoms with van der Waals surface area (Å²) < 4.78 is 21.7. The van der Waals surface area contributed by atoms with Gasteiger partial charge in [-0.15, -0.1) is 0 Å². The fraction of sp³-hybridized carbons (Fsp3) is 0.211. The second-order valence-corrected chi connectivity index (χ2v) is 5.52. The maximum atomic E-state index is 12.3. The van der Waals surface area contributed by atoms with Gasteiger partial charge in [-0.25, -0.2) is 0 Å². The van der Waals surface area contributed by atoms with Gasteiger partial charge in [-0.2, -0.15) is 0 Å². The Bertz CT molecular complexity index is 821. The number of rotatable bonds is 6. The van der Waals surface area contributed by atoms with E-state index in [0.717, 1.165) is 0 Å². The van der Waals surface area contributed by atoms with Crippen molar-refractivity contribution >= 4 is 11.6 Å². The number of benzene rings is 2. The first-order valence-corrected chi connectivity index (χ1v) is 7.98. The number of hydrogen-bond acceptors (Lipinski definition) is 6. The van der Waals surface area contributed by atoms with Crippen LogP contribution in [0.1, 0.15) is 5.56 Å². The van der Waals surface area contributed by atoms with Gasteiger partial charge in [0.25, 0.3) is 5.91 Å². The summed E-state index contributed by atoms with van der Waals surface area (Å²) in [6.45, 7) is 4.05. The molecule has 1 atom stereocenters. The van der Waals surface area contributed by atoms with E-state index in [2.05, 4.69) is 17.4 Å². The molecule has 0 unspecified atom stereocenters. The molecule has 0 saturated carbocycles. The van der Waals surface area contributed by atoms with Gasteiger partial charge in [0.15, 0.2) is 11.5 Å². The maximum absolute atomic E-state index is 12.3. The number of ether oxygens (including phenoxy) is 4. The number of hydrogen-bond donors (Lipinski definition) is 2. The lowest BCUT2D eigenvalue weighted by atomic mass is 10.1. The number of fused-ring (bicyclic) bond motifs is 1. The van der Waals surface area contributed by atoms with Crippen molar-refractivity contribution in [3.8, 4) is 23.0 Å². The summed E-state index contributed by atoms with van der Waals surface area (Å²) in [4.78, 5) is 12.3. The minimum atomic E-state index is -0.761. The van der Waals surface area contributed by atoms with Gasteiger partial charge in [0.1, 0.15) is 18.1 Å². The van der Waals surface area contributed by atoms with Gasteiger partial charge in [-0.3, -0.25) is 15.6 Å². The molecule has 0 fully saturated rings. The van der Waals surface area contributed by atoms with Gasteiger partial charge < -0.3 is 18.9 Å². The lowest BCUT2D eigenvalue weighted by molar-refractivity contribution is -0.131. The molecule has 0 spiro atoms. The Morgan fingerprint density at radius 3 is 2.62 bits per heavy atom. The van der Waals surface area contributed by atoms with E-state index in [9.17, 15) is 4.79 Å². The van der Waals surface area contributed by atoms with E-state index in [1.54, 1.807) is 44.6 Å². The molecule has 1 aliphatic rings. The van der Waals surface area contributed by atoms with Crippen LogP contribution in [0.5, 0.6) is 23.0 Å². The van der Waals surface area contributed by atoms with Crippen LogP contribution < -0.4 is 29.8 Å². The topological polar surface area (TPSA) is 78.1 Å². The number of para-hydroxylation sites is 2. The van der Waals surface area contributed by atoms with Gasteiger partial charge in [0.05, 0.1) is 19.9 Å². The van der Waals surface area contributed by atoms with E-state index in [4.69, 9.17) is 18.9 Å². The van der Waals surface area contributed by atoms with E-state index in [1.807, 2.05) is 12.1 Å². The van der Waals surface area contributed by atoms with E-state index in [-0.39, 0.29) is 12.5 Å². The molecule has 26 heavy (non-hydrogen) atoms. The first-order valence-electron chi connectivity index (χ1n) is 7.98. The van der Waals surface area contributed by atoms with Crippen LogP contribution in [0.4, 0.5) is 0 Å². The Morgan fingerprint density at radius 1 is 1.12 bits per heavy atom. The third-order valence-electron chi connectivity index (χ3n) is 3.87. The smallest absolute Gasteiger partial charge is 0.282 e. The van der Waals surface area contributed by atoms with Crippen molar-refractivity contribution in [1.29, 1.82) is 0 Å². The molecule has 1 heterocycles. The molecule has 2 aromatic carbocycles. The quantitative estimate of drug-likeness (QED) is 0.772. The molecule has 136 valence electrons. The predicted octanol–water partition coefficient (Wildman–Crippen LogP) is 2.14. The van der Waals surface area contributed by atoms with Crippen molar-refractivity contribution in [2.75, 3.05) is 20.8 Å². The monoisotopic (exact) mass is 356 g/mol. The summed E-state index contributed by atoms with van der Waals surface area (Å²) in [5, 5.41) is 0. The van der Waals surface area contributed by atoms with Gasteiger partial charge in [0.2, 0.25) is 6.10 Å². The van der Waals surface area contributed by atoms with Gasteiger partial charge >= 0.3 is 0 Å². The first kappa shape index (κ1) is 17.5. The molecule has 0 radical (unpaired) electrons. The van der Waals surface area contributed by atoms with E-state index in [0.29, 0.717) is 34.3 Å². The van der Waals surface area contributed by atoms with Crippen LogP contribution in [0, 0.1) is 0 Å². The maximum Gasteiger partial charge on any atom is 0.282 e. The molecule has 0 aromatic heterocycles. The van der Waals surface area contributed by atoms with Crippen molar-refractivity contribution in [1.82, 2.24) is 10.9 Å². The van der Waals surface area contributed by atoms with Crippen molar-refractivity contribution in [2.45, 2.75) is 6.10 Å². The molecule has 7 nitrogen and oxygen atoms in total. The highest BCUT2D eigenvalue weighted by Gasteiger charge is 2.27. The Hall–Kier alpha value is -3.35. The molecule has 7 heteroatoms. The third kappa shape index (κ3) is 3.66. The molecular weight excluding hydrogens is 336 g/mol. The summed E-state index contributed by atoms with van der Waals surface area (Å²) >= 11 is 0. The van der Waals surface area contributed by atoms with Crippen molar-refractivity contribution in [3.63, 3.8) is 0 Å². The molecule has 3 rings (SSSR count). The number of carbonyl (C=O) groups excluding carboxylic acids is 1. The van der Waals surface area contributed by atoms with E-state index < -0.39 is 6.10 Å². The zero-order chi connectivity index (χ0) is 18.5. The van der Waals surface area contributed by atoms with Crippen LogP contribution in [0.2, 0.25) is 0 Å². The van der Waals surface area contributed by atoms with Gasteiger partial charge in [-0.1, -0.05) is 18.7 Å². The summed E-state index contributed by atoms with van der Waals surface area (Å²) in [6.07, 6.45) is -0.761. The van der Waals surface area contributed by atoms with Crippen molar-refractivity contribution < 1.29 is 23.7 Å². The molecule has 1 aliphatic heterocycles. The number of nitrogens with one attached hydrogen (secondary N) is 2. The highest BCUT2D eigenvalue weighted by molar-refractivity contribution is 5.82. The van der Waals surface area contributed by atoms with E-state index in [1.165, 1.54) is 0 Å². The Labute approximate surface area is 151 Å². The lowest BCUT2D eigenvalue weighted by Crippen LogP contribution is -2.48. The van der Waals surface area contributed by atoms with Crippen LogP contribution in [0.3, 0.4) is 0 Å². The average Bonchev–Trinajstić information content (AvgIpc) is 2.70. The van der Waals surface area contributed by atoms with Gasteiger partial charge in [0, 0.05) is 11.6 Å². The van der Waals surface area contributed by atoms with Crippen LogP contribution in [-0.4, -0.2) is 32.8 Å². The standard InChI is InChI=1S/C19H20N2O5/c1-12(14-9-8-13(23-2)10-17(14)24-3)20-21-19(22)18-11-25-15-6-4-5-7-16(15)26-18/h4-10,18,20H,1,11H2,2-3H3,(H,21,22)/t18-/m1/s1. The molecule has 1 amide bonds. The number of carbonyl (C=O) groups is 1. The minimum absolute atomic E-state index is 0.128. The average molecular weight is 356 g/mol. The van der Waals surface area contributed by atoms with Crippen molar-refractivity contribution in [3.05, 3.63) is 54.6 Å². The summed E-state index contributed by atoms with van der Waals surface area (Å²) in [6, 6.07) is 12.5. The fourth-order valence-electron chi connectivity index (χ4n) is 2.48. The normalized spacial score (nSPS) is 14.9. The fourth-order valence-corrected chi connectivity index (χ4v) is 2.48. The second kappa shape index (κ2) is 7.69. The highest BCUT2D eigenvalue weighted by Crippen LogP contribution is 2.31. The van der Waals surface area contributed by atoms with Crippen LogP contribution in [-0.2, 0) is 4.79 Å². The summed E-state index contributed by atoms with van der Waals surface area (Å²) in [5.74, 6) is 2.02. The minimum Gasteiger partial charge on any atom is -0.497 e. The van der Waals surface area contributed by atoms with Crippen molar-refractivity contribution in [2.24, 2.45) is 0 Å². The van der Waals surface area contributed by atoms with Crippen LogP contribution in [0.25, 0.3) is 5.70 Å². The molecule has 2 aromatic rings. The van der Waals surface area contributed by atoms with Crippen LogP contribution >= 0.6 is 0 Å². The van der Waals surface area contributed by atoms with Gasteiger partial charge in [-0.05, 0) is 24.3 Å². The Morgan fingerprint density at radius 2 is 1.88 bits per heavy atom. The third-order valence-corrected chi connectivity index (χ3v) is 3.87. The summed E-state index contributed by atoms with van der Waals surface area (Å²) in [5.41, 5.74) is 6.52.